The van der Waals surface area contributed by atoms with Gasteiger partial charge in [-0.25, -0.2) is 0 Å². The fourth-order valence-corrected chi connectivity index (χ4v) is 3.37. The monoisotopic (exact) mass is 330 g/mol. The highest BCUT2D eigenvalue weighted by Crippen LogP contribution is 2.30. The summed E-state index contributed by atoms with van der Waals surface area (Å²) >= 11 is 0. The average Bonchev–Trinajstić information content (AvgIpc) is 3.09. The molecule has 0 aromatic carbocycles. The second-order valence-corrected chi connectivity index (χ2v) is 6.27. The van der Waals surface area contributed by atoms with Gasteiger partial charge in [-0.2, -0.15) is 5.10 Å². The van der Waals surface area contributed by atoms with E-state index in [4.69, 9.17) is 4.42 Å². The molecule has 0 aliphatic carbocycles. The maximum atomic E-state index is 12.6. The number of rotatable bonds is 3. The normalized spacial score (nSPS) is 21.2. The minimum Gasteiger partial charge on any atom is -0.466 e. The minimum absolute atomic E-state index is 0.0713. The molecule has 2 amide bonds. The van der Waals surface area contributed by atoms with Crippen molar-refractivity contribution in [1.29, 1.82) is 0 Å². The Kier molecular flexibility index (Phi) is 4.17. The first-order chi connectivity index (χ1) is 11.4. The smallest absolute Gasteiger partial charge is 0.255 e. The molecule has 1 saturated heterocycles. The first kappa shape index (κ1) is 16.3. The molecular weight excluding hydrogens is 308 g/mol. The van der Waals surface area contributed by atoms with Gasteiger partial charge in [-0.15, -0.1) is 0 Å². The fourth-order valence-electron chi connectivity index (χ4n) is 3.37. The van der Waals surface area contributed by atoms with Gasteiger partial charge in [-0.05, 0) is 32.4 Å². The first-order valence-corrected chi connectivity index (χ1v) is 8.00. The minimum atomic E-state index is -0.240. The van der Waals surface area contributed by atoms with E-state index in [0.29, 0.717) is 29.9 Å². The Morgan fingerprint density at radius 3 is 2.71 bits per heavy atom. The van der Waals surface area contributed by atoms with Gasteiger partial charge in [0.05, 0.1) is 23.3 Å². The molecule has 0 bridgehead atoms. The van der Waals surface area contributed by atoms with Crippen molar-refractivity contribution in [2.45, 2.75) is 38.8 Å². The van der Waals surface area contributed by atoms with Gasteiger partial charge >= 0.3 is 0 Å². The lowest BCUT2D eigenvalue weighted by Gasteiger charge is -2.39. The molecular formula is C17H22N4O3. The number of furan rings is 1. The summed E-state index contributed by atoms with van der Waals surface area (Å²) in [6.07, 6.45) is 2.71. The van der Waals surface area contributed by atoms with E-state index in [9.17, 15) is 9.59 Å². The van der Waals surface area contributed by atoms with E-state index in [1.165, 1.54) is 0 Å². The van der Waals surface area contributed by atoms with Crippen molar-refractivity contribution in [1.82, 2.24) is 20.0 Å². The van der Waals surface area contributed by atoms with Crippen LogP contribution in [0.15, 0.2) is 22.7 Å². The molecule has 3 rings (SSSR count). The van der Waals surface area contributed by atoms with Gasteiger partial charge in [0.25, 0.3) is 5.91 Å². The summed E-state index contributed by atoms with van der Waals surface area (Å²) in [6, 6.07) is 3.20. The predicted octanol–water partition coefficient (Wildman–Crippen LogP) is 1.72. The van der Waals surface area contributed by atoms with Crippen molar-refractivity contribution >= 4 is 11.8 Å². The van der Waals surface area contributed by atoms with Crippen LogP contribution in [0.4, 0.5) is 0 Å². The van der Waals surface area contributed by atoms with Gasteiger partial charge in [0.2, 0.25) is 5.91 Å². The van der Waals surface area contributed by atoms with Crippen molar-refractivity contribution in [2.75, 3.05) is 7.05 Å². The van der Waals surface area contributed by atoms with E-state index < -0.39 is 0 Å². The van der Waals surface area contributed by atoms with Crippen LogP contribution in [0.1, 0.15) is 46.5 Å². The van der Waals surface area contributed by atoms with Crippen molar-refractivity contribution in [3.05, 3.63) is 41.1 Å². The van der Waals surface area contributed by atoms with Crippen molar-refractivity contribution < 1.29 is 14.0 Å². The summed E-state index contributed by atoms with van der Waals surface area (Å²) in [4.78, 5) is 26.5. The number of piperidine rings is 1. The van der Waals surface area contributed by atoms with E-state index in [1.807, 2.05) is 20.0 Å². The van der Waals surface area contributed by atoms with Crippen LogP contribution < -0.4 is 5.32 Å². The highest BCUT2D eigenvalue weighted by Gasteiger charge is 2.37. The Morgan fingerprint density at radius 1 is 1.38 bits per heavy atom. The van der Waals surface area contributed by atoms with Crippen LogP contribution in [-0.2, 0) is 11.8 Å². The van der Waals surface area contributed by atoms with E-state index in [0.717, 1.165) is 5.69 Å². The van der Waals surface area contributed by atoms with E-state index in [-0.39, 0.29) is 23.9 Å². The second kappa shape index (κ2) is 6.14. The Balaban J connectivity index is 1.87. The van der Waals surface area contributed by atoms with Gasteiger partial charge in [-0.1, -0.05) is 0 Å². The van der Waals surface area contributed by atoms with Crippen molar-refractivity contribution in [3.63, 3.8) is 0 Å². The Morgan fingerprint density at radius 2 is 2.12 bits per heavy atom. The molecule has 0 unspecified atom stereocenters. The zero-order valence-electron chi connectivity index (χ0n) is 14.4. The summed E-state index contributed by atoms with van der Waals surface area (Å²) in [5.41, 5.74) is 1.44. The van der Waals surface area contributed by atoms with Gasteiger partial charge in [0.1, 0.15) is 11.5 Å². The molecule has 0 spiro atoms. The molecule has 2 atom stereocenters. The first-order valence-electron chi connectivity index (χ1n) is 8.00. The third-order valence-corrected chi connectivity index (χ3v) is 4.62. The average molecular weight is 330 g/mol. The number of likely N-dealkylation sites (tertiary alicyclic amines) is 1. The molecule has 2 aromatic heterocycles. The lowest BCUT2D eigenvalue weighted by atomic mass is 9.93. The molecule has 3 heterocycles. The van der Waals surface area contributed by atoms with Crippen LogP contribution in [0.2, 0.25) is 0 Å². The van der Waals surface area contributed by atoms with Gasteiger partial charge in [0, 0.05) is 26.7 Å². The Bertz CT molecular complexity index is 777. The number of aromatic nitrogens is 2. The topological polar surface area (TPSA) is 80.4 Å². The molecule has 0 saturated carbocycles. The van der Waals surface area contributed by atoms with Crippen LogP contribution in [0.25, 0.3) is 0 Å². The second-order valence-electron chi connectivity index (χ2n) is 6.27. The summed E-state index contributed by atoms with van der Waals surface area (Å²) in [5, 5.41) is 7.26. The number of nitrogens with one attached hydrogen (secondary N) is 1. The number of carbonyl (C=O) groups is 2. The summed E-state index contributed by atoms with van der Waals surface area (Å²) in [5.74, 6) is 1.20. The highest BCUT2D eigenvalue weighted by atomic mass is 16.3. The predicted molar refractivity (Wildman–Crippen MR) is 87.4 cm³/mol. The lowest BCUT2D eigenvalue weighted by Crippen LogP contribution is -2.51. The largest absolute Gasteiger partial charge is 0.466 e. The summed E-state index contributed by atoms with van der Waals surface area (Å²) in [7, 11) is 3.61. The third kappa shape index (κ3) is 2.81. The quantitative estimate of drug-likeness (QED) is 0.929. The number of nitrogens with zero attached hydrogens (tertiary/aromatic N) is 3. The van der Waals surface area contributed by atoms with E-state index >= 15 is 0 Å². The highest BCUT2D eigenvalue weighted by molar-refractivity contribution is 5.95. The van der Waals surface area contributed by atoms with Gasteiger partial charge < -0.3 is 14.6 Å². The Labute approximate surface area is 140 Å². The number of carbonyl (C=O) groups excluding carboxylic acids is 2. The van der Waals surface area contributed by atoms with E-state index in [2.05, 4.69) is 10.4 Å². The number of aryl methyl sites for hydroxylation is 3. The van der Waals surface area contributed by atoms with Crippen LogP contribution in [0.5, 0.6) is 0 Å². The van der Waals surface area contributed by atoms with Crippen LogP contribution in [0, 0.1) is 13.8 Å². The SMILES string of the molecule is Cc1cc(C(=O)N[C@@H]2CCC(=O)N(C)[C@H]2c2ccnn2C)c(C)o1. The number of amides is 2. The van der Waals surface area contributed by atoms with Crippen LogP contribution in [-0.4, -0.2) is 39.6 Å². The maximum Gasteiger partial charge on any atom is 0.255 e. The molecule has 1 fully saturated rings. The standard InChI is InChI=1S/C17H22N4O3/c1-10-9-12(11(2)24-10)17(23)19-13-5-6-15(22)20(3)16(13)14-7-8-18-21(14)4/h7-9,13,16H,5-6H2,1-4H3,(H,19,23)/t13-,16-/m1/s1. The lowest BCUT2D eigenvalue weighted by molar-refractivity contribution is -0.136. The molecule has 1 aliphatic rings. The molecule has 128 valence electrons. The zero-order chi connectivity index (χ0) is 17.4. The van der Waals surface area contributed by atoms with Gasteiger partial charge in [0.15, 0.2) is 0 Å². The Hall–Kier alpha value is -2.57. The zero-order valence-corrected chi connectivity index (χ0v) is 14.4. The summed E-state index contributed by atoms with van der Waals surface area (Å²) in [6.45, 7) is 3.59. The molecule has 1 N–H and O–H groups in total. The van der Waals surface area contributed by atoms with Crippen LogP contribution >= 0.6 is 0 Å². The number of likely N-dealkylation sites (N-methyl/N-ethyl adjacent to an activating group) is 1. The summed E-state index contributed by atoms with van der Waals surface area (Å²) < 4.78 is 7.18. The molecule has 24 heavy (non-hydrogen) atoms. The fraction of sp³-hybridized carbons (Fsp3) is 0.471. The molecule has 1 aliphatic heterocycles. The number of hydrogen-bond donors (Lipinski definition) is 1. The third-order valence-electron chi connectivity index (χ3n) is 4.62. The van der Waals surface area contributed by atoms with Gasteiger partial charge in [-0.3, -0.25) is 14.3 Å². The molecule has 0 radical (unpaired) electrons. The van der Waals surface area contributed by atoms with Crippen LogP contribution in [0.3, 0.4) is 0 Å². The number of hydrogen-bond acceptors (Lipinski definition) is 4. The molecule has 2 aromatic rings. The maximum absolute atomic E-state index is 12.6. The molecule has 7 heteroatoms. The van der Waals surface area contributed by atoms with Crippen molar-refractivity contribution in [3.8, 4) is 0 Å². The molecule has 7 nitrogen and oxygen atoms in total. The van der Waals surface area contributed by atoms with E-state index in [1.54, 1.807) is 35.8 Å². The van der Waals surface area contributed by atoms with Crippen molar-refractivity contribution in [2.24, 2.45) is 7.05 Å².